The van der Waals surface area contributed by atoms with Crippen molar-refractivity contribution in [3.63, 3.8) is 0 Å². The van der Waals surface area contributed by atoms with E-state index in [0.717, 1.165) is 11.9 Å². The molecule has 0 aromatic carbocycles. The van der Waals surface area contributed by atoms with Crippen molar-refractivity contribution in [3.8, 4) is 5.69 Å². The van der Waals surface area contributed by atoms with Crippen molar-refractivity contribution >= 4 is 33.2 Å². The van der Waals surface area contributed by atoms with Gasteiger partial charge in [-0.25, -0.2) is 17.8 Å². The fourth-order valence-electron chi connectivity index (χ4n) is 2.92. The normalized spacial score (nSPS) is 20.6. The summed E-state index contributed by atoms with van der Waals surface area (Å²) < 4.78 is 26.7. The zero-order chi connectivity index (χ0) is 18.0. The van der Waals surface area contributed by atoms with Gasteiger partial charge in [-0.05, 0) is 31.4 Å². The number of hydrogen-bond acceptors (Lipinski definition) is 5. The molecule has 2 atom stereocenters. The minimum absolute atomic E-state index is 0.181. The van der Waals surface area contributed by atoms with Crippen molar-refractivity contribution in [2.75, 3.05) is 11.6 Å². The summed E-state index contributed by atoms with van der Waals surface area (Å²) in [5.41, 5.74) is 1.14. The van der Waals surface area contributed by atoms with Crippen LogP contribution in [0.5, 0.6) is 0 Å². The molecule has 1 saturated carbocycles. The molecule has 2 aromatic rings. The van der Waals surface area contributed by atoms with E-state index >= 15 is 0 Å². The first-order valence-corrected chi connectivity index (χ1v) is 10.0. The summed E-state index contributed by atoms with van der Waals surface area (Å²) in [6.07, 6.45) is 7.74. The highest BCUT2D eigenvalue weighted by Gasteiger charge is 2.31. The monoisotopic (exact) mass is 383 g/mol. The lowest BCUT2D eigenvalue weighted by molar-refractivity contribution is -0.119. The number of halogens is 1. The van der Waals surface area contributed by atoms with E-state index < -0.39 is 10.0 Å². The van der Waals surface area contributed by atoms with Crippen LogP contribution in [0.15, 0.2) is 30.7 Å². The second kappa shape index (κ2) is 7.11. The number of nitrogens with zero attached hydrogens (tertiary/aromatic N) is 3. The van der Waals surface area contributed by atoms with Gasteiger partial charge in [-0.3, -0.25) is 9.78 Å². The van der Waals surface area contributed by atoms with Gasteiger partial charge in [0.15, 0.2) is 5.15 Å². The fraction of sp³-hybridized carbons (Fsp3) is 0.400. The van der Waals surface area contributed by atoms with E-state index in [1.54, 1.807) is 24.7 Å². The number of sulfonamides is 1. The fourth-order valence-corrected chi connectivity index (χ4v) is 3.92. The second-order valence-electron chi connectivity index (χ2n) is 6.08. The van der Waals surface area contributed by atoms with Gasteiger partial charge in [0.1, 0.15) is 0 Å². The molecule has 0 bridgehead atoms. The molecule has 0 saturated heterocycles. The quantitative estimate of drug-likeness (QED) is 0.815. The molecule has 0 aliphatic heterocycles. The molecule has 2 aromatic heterocycles. The molecule has 1 fully saturated rings. The minimum atomic E-state index is -3.27. The van der Waals surface area contributed by atoms with Gasteiger partial charge in [-0.1, -0.05) is 11.6 Å². The van der Waals surface area contributed by atoms with Crippen LogP contribution in [0.2, 0.25) is 5.15 Å². The average Bonchev–Trinajstić information content (AvgIpc) is 3.14. The van der Waals surface area contributed by atoms with Crippen LogP contribution in [0.25, 0.3) is 5.69 Å². The van der Waals surface area contributed by atoms with Crippen LogP contribution in [-0.2, 0) is 14.8 Å². The third-order valence-electron chi connectivity index (χ3n) is 4.02. The zero-order valence-corrected chi connectivity index (χ0v) is 15.1. The van der Waals surface area contributed by atoms with Gasteiger partial charge in [-0.2, -0.15) is 5.10 Å². The van der Waals surface area contributed by atoms with Crippen LogP contribution in [0.3, 0.4) is 0 Å². The number of aromatic nitrogens is 3. The van der Waals surface area contributed by atoms with E-state index in [9.17, 15) is 13.2 Å². The molecule has 1 aliphatic carbocycles. The Balaban J connectivity index is 1.65. The predicted molar refractivity (Wildman–Crippen MR) is 94.1 cm³/mol. The van der Waals surface area contributed by atoms with Gasteiger partial charge in [0.2, 0.25) is 15.9 Å². The van der Waals surface area contributed by atoms with E-state index in [1.165, 1.54) is 4.68 Å². The van der Waals surface area contributed by atoms with Crippen LogP contribution >= 0.6 is 11.6 Å². The highest BCUT2D eigenvalue weighted by Crippen LogP contribution is 2.29. The van der Waals surface area contributed by atoms with Crippen molar-refractivity contribution in [2.45, 2.75) is 25.3 Å². The van der Waals surface area contributed by atoms with Gasteiger partial charge >= 0.3 is 0 Å². The van der Waals surface area contributed by atoms with E-state index in [2.05, 4.69) is 20.1 Å². The first-order chi connectivity index (χ1) is 11.8. The number of nitrogens with one attached hydrogen (secondary N) is 2. The van der Waals surface area contributed by atoms with Crippen LogP contribution in [0.1, 0.15) is 19.3 Å². The Hall–Kier alpha value is -1.97. The predicted octanol–water partition coefficient (Wildman–Crippen LogP) is 1.58. The number of carbonyl (C=O) groups is 1. The largest absolute Gasteiger partial charge is 0.322 e. The zero-order valence-electron chi connectivity index (χ0n) is 13.5. The lowest BCUT2D eigenvalue weighted by atomic mass is 10.1. The van der Waals surface area contributed by atoms with Crippen LogP contribution in [0.4, 0.5) is 5.69 Å². The lowest BCUT2D eigenvalue weighted by Gasteiger charge is -2.11. The maximum Gasteiger partial charge on any atom is 0.227 e. The molecule has 134 valence electrons. The molecular weight excluding hydrogens is 366 g/mol. The topological polar surface area (TPSA) is 106 Å². The number of rotatable bonds is 5. The van der Waals surface area contributed by atoms with E-state index in [0.29, 0.717) is 24.9 Å². The van der Waals surface area contributed by atoms with Gasteiger partial charge in [0, 0.05) is 18.2 Å². The van der Waals surface area contributed by atoms with Crippen molar-refractivity contribution in [2.24, 2.45) is 5.92 Å². The highest BCUT2D eigenvalue weighted by atomic mass is 35.5. The van der Waals surface area contributed by atoms with Crippen LogP contribution in [0, 0.1) is 5.92 Å². The summed E-state index contributed by atoms with van der Waals surface area (Å²) in [5.74, 6) is -0.456. The maximum absolute atomic E-state index is 12.4. The molecule has 0 spiro atoms. The van der Waals surface area contributed by atoms with Crippen molar-refractivity contribution in [3.05, 3.63) is 35.9 Å². The molecule has 0 radical (unpaired) electrons. The Bertz CT molecular complexity index is 869. The lowest BCUT2D eigenvalue weighted by Crippen LogP contribution is -2.32. The van der Waals surface area contributed by atoms with E-state index in [1.807, 2.05) is 6.07 Å². The molecule has 10 heteroatoms. The van der Waals surface area contributed by atoms with Crippen molar-refractivity contribution in [1.82, 2.24) is 19.5 Å². The third-order valence-corrected chi connectivity index (χ3v) is 5.06. The Labute approximate surface area is 150 Å². The number of hydrogen-bond donors (Lipinski definition) is 2. The SMILES string of the molecule is CS(=O)(=O)N[C@@H]1CC[C@H](C(=O)Nc2cn(-c3cccnc3)nc2Cl)C1. The smallest absolute Gasteiger partial charge is 0.227 e. The summed E-state index contributed by atoms with van der Waals surface area (Å²) in [4.78, 5) is 16.4. The van der Waals surface area contributed by atoms with Gasteiger partial charge in [0.25, 0.3) is 0 Å². The minimum Gasteiger partial charge on any atom is -0.322 e. The number of carbonyl (C=O) groups excluding carboxylic acids is 1. The molecule has 3 rings (SSSR count). The highest BCUT2D eigenvalue weighted by molar-refractivity contribution is 7.88. The van der Waals surface area contributed by atoms with Crippen LogP contribution < -0.4 is 10.0 Å². The Morgan fingerprint density at radius 1 is 1.40 bits per heavy atom. The third kappa shape index (κ3) is 4.56. The van der Waals surface area contributed by atoms with Gasteiger partial charge in [0.05, 0.1) is 30.0 Å². The summed E-state index contributed by atoms with van der Waals surface area (Å²) in [6.45, 7) is 0. The molecule has 2 N–H and O–H groups in total. The molecule has 1 aliphatic rings. The summed E-state index contributed by atoms with van der Waals surface area (Å²) in [5, 5.41) is 7.12. The maximum atomic E-state index is 12.4. The standard InChI is InChI=1S/C15H18ClN5O3S/c1-25(23,24)20-11-5-4-10(7-11)15(22)18-13-9-21(19-14(13)16)12-3-2-6-17-8-12/h2-3,6,8-11,20H,4-5,7H2,1H3,(H,18,22)/t10-,11+/m0/s1. The molecule has 2 heterocycles. The average molecular weight is 384 g/mol. The van der Waals surface area contributed by atoms with Crippen molar-refractivity contribution < 1.29 is 13.2 Å². The number of amides is 1. The van der Waals surface area contributed by atoms with Crippen molar-refractivity contribution in [1.29, 1.82) is 0 Å². The number of anilines is 1. The molecular formula is C15H18ClN5O3S. The second-order valence-corrected chi connectivity index (χ2v) is 8.21. The molecule has 0 unspecified atom stereocenters. The summed E-state index contributed by atoms with van der Waals surface area (Å²) >= 11 is 6.10. The Kier molecular flexibility index (Phi) is 5.07. The first kappa shape index (κ1) is 17.8. The Morgan fingerprint density at radius 2 is 2.20 bits per heavy atom. The van der Waals surface area contributed by atoms with E-state index in [4.69, 9.17) is 11.6 Å². The van der Waals surface area contributed by atoms with E-state index in [-0.39, 0.29) is 23.0 Å². The van der Waals surface area contributed by atoms with Gasteiger partial charge < -0.3 is 5.32 Å². The first-order valence-electron chi connectivity index (χ1n) is 7.75. The summed E-state index contributed by atoms with van der Waals surface area (Å²) in [6, 6.07) is 3.39. The van der Waals surface area contributed by atoms with Crippen LogP contribution in [-0.4, -0.2) is 41.4 Å². The summed E-state index contributed by atoms with van der Waals surface area (Å²) in [7, 11) is -3.27. The molecule has 25 heavy (non-hydrogen) atoms. The Morgan fingerprint density at radius 3 is 2.88 bits per heavy atom. The molecule has 8 nitrogen and oxygen atoms in total. The van der Waals surface area contributed by atoms with Gasteiger partial charge in [-0.15, -0.1) is 0 Å². The molecule has 1 amide bonds. The number of pyridine rings is 1.